The van der Waals surface area contributed by atoms with Crippen LogP contribution < -0.4 is 5.73 Å². The van der Waals surface area contributed by atoms with Crippen molar-refractivity contribution < 1.29 is 9.21 Å². The van der Waals surface area contributed by atoms with Crippen molar-refractivity contribution in [1.82, 2.24) is 4.98 Å². The van der Waals surface area contributed by atoms with Gasteiger partial charge in [0.05, 0.1) is 6.04 Å². The number of fused-ring (bicyclic) bond motifs is 1. The molecule has 0 aliphatic carbocycles. The molecule has 0 fully saturated rings. The van der Waals surface area contributed by atoms with Crippen LogP contribution in [-0.4, -0.2) is 11.3 Å². The second-order valence-corrected chi connectivity index (χ2v) is 3.12. The molecule has 0 spiro atoms. The Bertz CT molecular complexity index is 476. The van der Waals surface area contributed by atoms with Crippen LogP contribution in [0.5, 0.6) is 0 Å². The molecular weight excluding hydrogens is 180 g/mol. The Balaban J connectivity index is 2.55. The summed E-state index contributed by atoms with van der Waals surface area (Å²) in [6.07, 6.45) is 0.702. The van der Waals surface area contributed by atoms with Crippen molar-refractivity contribution in [3.8, 4) is 0 Å². The predicted molar refractivity (Wildman–Crippen MR) is 51.7 cm³/mol. The SMILES string of the molecule is Cc1nc2cc(C(N)C=O)ccc2o1. The average Bonchev–Trinajstić information content (AvgIpc) is 2.55. The van der Waals surface area contributed by atoms with Crippen LogP contribution in [0, 0.1) is 6.92 Å². The van der Waals surface area contributed by atoms with E-state index in [0.29, 0.717) is 17.8 Å². The first kappa shape index (κ1) is 8.90. The predicted octanol–water partition coefficient (Wildman–Crippen LogP) is 1.33. The van der Waals surface area contributed by atoms with Crippen molar-refractivity contribution in [2.24, 2.45) is 5.73 Å². The molecule has 0 aliphatic heterocycles. The highest BCUT2D eigenvalue weighted by atomic mass is 16.3. The van der Waals surface area contributed by atoms with Gasteiger partial charge in [-0.15, -0.1) is 0 Å². The maximum atomic E-state index is 10.5. The summed E-state index contributed by atoms with van der Waals surface area (Å²) in [5, 5.41) is 0. The summed E-state index contributed by atoms with van der Waals surface area (Å²) in [5.41, 5.74) is 7.76. The molecule has 1 aromatic heterocycles. The van der Waals surface area contributed by atoms with Gasteiger partial charge in [-0.25, -0.2) is 4.98 Å². The first-order chi connectivity index (χ1) is 6.70. The molecule has 2 rings (SSSR count). The number of rotatable bonds is 2. The zero-order valence-corrected chi connectivity index (χ0v) is 7.73. The van der Waals surface area contributed by atoms with Crippen LogP contribution in [-0.2, 0) is 4.79 Å². The maximum absolute atomic E-state index is 10.5. The molecule has 0 bridgehead atoms. The number of aryl methyl sites for hydroxylation is 1. The molecule has 2 aromatic rings. The van der Waals surface area contributed by atoms with Crippen LogP contribution in [0.25, 0.3) is 11.1 Å². The normalized spacial score (nSPS) is 13.0. The van der Waals surface area contributed by atoms with Crippen LogP contribution in [0.1, 0.15) is 17.5 Å². The lowest BCUT2D eigenvalue weighted by Crippen LogP contribution is -2.10. The third-order valence-corrected chi connectivity index (χ3v) is 2.05. The van der Waals surface area contributed by atoms with Crippen LogP contribution in [0.15, 0.2) is 22.6 Å². The summed E-state index contributed by atoms with van der Waals surface area (Å²) >= 11 is 0. The molecule has 0 amide bonds. The summed E-state index contributed by atoms with van der Waals surface area (Å²) in [7, 11) is 0. The number of nitrogens with two attached hydrogens (primary N) is 1. The second kappa shape index (κ2) is 3.23. The third-order valence-electron chi connectivity index (χ3n) is 2.05. The highest BCUT2D eigenvalue weighted by Gasteiger charge is 2.07. The van der Waals surface area contributed by atoms with Gasteiger partial charge in [0, 0.05) is 6.92 Å². The summed E-state index contributed by atoms with van der Waals surface area (Å²) in [6.45, 7) is 1.78. The van der Waals surface area contributed by atoms with Gasteiger partial charge in [-0.05, 0) is 17.7 Å². The maximum Gasteiger partial charge on any atom is 0.192 e. The van der Waals surface area contributed by atoms with Gasteiger partial charge in [0.2, 0.25) is 0 Å². The molecule has 1 atom stereocenters. The van der Waals surface area contributed by atoms with Gasteiger partial charge in [-0.3, -0.25) is 0 Å². The fourth-order valence-corrected chi connectivity index (χ4v) is 1.35. The smallest absolute Gasteiger partial charge is 0.192 e. The second-order valence-electron chi connectivity index (χ2n) is 3.12. The minimum Gasteiger partial charge on any atom is -0.441 e. The van der Waals surface area contributed by atoms with E-state index in [9.17, 15) is 4.79 Å². The van der Waals surface area contributed by atoms with E-state index in [1.807, 2.05) is 0 Å². The molecule has 0 saturated heterocycles. The molecule has 14 heavy (non-hydrogen) atoms. The minimum absolute atomic E-state index is 0.587. The Morgan fingerprint density at radius 3 is 3.07 bits per heavy atom. The zero-order valence-electron chi connectivity index (χ0n) is 7.73. The largest absolute Gasteiger partial charge is 0.441 e. The first-order valence-corrected chi connectivity index (χ1v) is 4.28. The lowest BCUT2D eigenvalue weighted by atomic mass is 10.1. The van der Waals surface area contributed by atoms with E-state index in [1.165, 1.54) is 0 Å². The van der Waals surface area contributed by atoms with Crippen molar-refractivity contribution in [3.63, 3.8) is 0 Å². The van der Waals surface area contributed by atoms with E-state index in [1.54, 1.807) is 25.1 Å². The lowest BCUT2D eigenvalue weighted by Gasteiger charge is -2.01. The molecule has 0 saturated carbocycles. The summed E-state index contributed by atoms with van der Waals surface area (Å²) < 4.78 is 5.30. The summed E-state index contributed by atoms with van der Waals surface area (Å²) in [4.78, 5) is 14.6. The quantitative estimate of drug-likeness (QED) is 0.725. The number of benzene rings is 1. The van der Waals surface area contributed by atoms with Gasteiger partial charge in [0.25, 0.3) is 0 Å². The van der Waals surface area contributed by atoms with Crippen LogP contribution in [0.3, 0.4) is 0 Å². The van der Waals surface area contributed by atoms with Crippen LogP contribution >= 0.6 is 0 Å². The minimum atomic E-state index is -0.587. The van der Waals surface area contributed by atoms with Gasteiger partial charge in [-0.1, -0.05) is 6.07 Å². The fraction of sp³-hybridized carbons (Fsp3) is 0.200. The number of oxazole rings is 1. The third kappa shape index (κ3) is 1.40. The molecule has 2 N–H and O–H groups in total. The molecule has 4 heteroatoms. The van der Waals surface area contributed by atoms with Crippen molar-refractivity contribution in [3.05, 3.63) is 29.7 Å². The van der Waals surface area contributed by atoms with E-state index in [0.717, 1.165) is 11.1 Å². The first-order valence-electron chi connectivity index (χ1n) is 4.28. The van der Waals surface area contributed by atoms with Crippen LogP contribution in [0.4, 0.5) is 0 Å². The Kier molecular flexibility index (Phi) is 2.05. The van der Waals surface area contributed by atoms with Crippen molar-refractivity contribution in [1.29, 1.82) is 0 Å². The molecule has 0 radical (unpaired) electrons. The monoisotopic (exact) mass is 190 g/mol. The molecule has 1 unspecified atom stereocenters. The van der Waals surface area contributed by atoms with Gasteiger partial charge < -0.3 is 14.9 Å². The van der Waals surface area contributed by atoms with Gasteiger partial charge >= 0.3 is 0 Å². The van der Waals surface area contributed by atoms with Crippen molar-refractivity contribution in [2.75, 3.05) is 0 Å². The number of aromatic nitrogens is 1. The number of nitrogens with zero attached hydrogens (tertiary/aromatic N) is 1. The number of carbonyl (C=O) groups excluding carboxylic acids is 1. The topological polar surface area (TPSA) is 69.1 Å². The summed E-state index contributed by atoms with van der Waals surface area (Å²) in [6, 6.07) is 4.72. The van der Waals surface area contributed by atoms with Gasteiger partial charge in [-0.2, -0.15) is 0 Å². The Morgan fingerprint density at radius 1 is 1.57 bits per heavy atom. The zero-order chi connectivity index (χ0) is 10.1. The number of hydrogen-bond donors (Lipinski definition) is 1. The average molecular weight is 190 g/mol. The molecule has 1 aromatic carbocycles. The van der Waals surface area contributed by atoms with E-state index >= 15 is 0 Å². The van der Waals surface area contributed by atoms with E-state index in [-0.39, 0.29) is 0 Å². The molecule has 72 valence electrons. The van der Waals surface area contributed by atoms with Crippen molar-refractivity contribution >= 4 is 17.4 Å². The molecule has 1 heterocycles. The van der Waals surface area contributed by atoms with E-state index in [4.69, 9.17) is 10.2 Å². The Labute approximate surface area is 80.7 Å². The summed E-state index contributed by atoms with van der Waals surface area (Å²) in [5.74, 6) is 0.608. The number of carbonyl (C=O) groups is 1. The van der Waals surface area contributed by atoms with Crippen molar-refractivity contribution in [2.45, 2.75) is 13.0 Å². The van der Waals surface area contributed by atoms with E-state index in [2.05, 4.69) is 4.98 Å². The van der Waals surface area contributed by atoms with Crippen LogP contribution in [0.2, 0.25) is 0 Å². The standard InChI is InChI=1S/C10H10N2O2/c1-6-12-9-4-7(8(11)5-13)2-3-10(9)14-6/h2-5,8H,11H2,1H3. The van der Waals surface area contributed by atoms with Gasteiger partial charge in [0.1, 0.15) is 11.8 Å². The molecule has 4 nitrogen and oxygen atoms in total. The highest BCUT2D eigenvalue weighted by molar-refractivity contribution is 5.75. The van der Waals surface area contributed by atoms with Gasteiger partial charge in [0.15, 0.2) is 11.5 Å². The Hall–Kier alpha value is -1.68. The number of hydrogen-bond acceptors (Lipinski definition) is 4. The number of aldehydes is 1. The molecule has 0 aliphatic rings. The molecular formula is C10H10N2O2. The van der Waals surface area contributed by atoms with E-state index < -0.39 is 6.04 Å². The highest BCUT2D eigenvalue weighted by Crippen LogP contribution is 2.19. The fourth-order valence-electron chi connectivity index (χ4n) is 1.35. The lowest BCUT2D eigenvalue weighted by molar-refractivity contribution is -0.109. The Morgan fingerprint density at radius 2 is 2.36 bits per heavy atom.